The first-order valence-electron chi connectivity index (χ1n) is 10.2. The van der Waals surface area contributed by atoms with Crippen LogP contribution in [-0.2, 0) is 0 Å². The van der Waals surface area contributed by atoms with Gasteiger partial charge in [-0.15, -0.1) is 11.3 Å². The fourth-order valence-electron chi connectivity index (χ4n) is 4.32. The van der Waals surface area contributed by atoms with Gasteiger partial charge in [0.05, 0.1) is 6.04 Å². The van der Waals surface area contributed by atoms with Gasteiger partial charge < -0.3 is 15.5 Å². The molecule has 1 saturated heterocycles. The van der Waals surface area contributed by atoms with E-state index in [1.54, 1.807) is 0 Å². The fraction of sp³-hybridized carbons (Fsp3) is 0.750. The summed E-state index contributed by atoms with van der Waals surface area (Å²) in [6, 6.07) is 5.69. The highest BCUT2D eigenvalue weighted by atomic mass is 32.1. The average Bonchev–Trinajstić information content (AvgIpc) is 3.17. The van der Waals surface area contributed by atoms with Gasteiger partial charge in [0, 0.05) is 43.1 Å². The van der Waals surface area contributed by atoms with Gasteiger partial charge in [-0.05, 0) is 50.0 Å². The lowest BCUT2D eigenvalue weighted by Crippen LogP contribution is -2.54. The van der Waals surface area contributed by atoms with Crippen LogP contribution >= 0.6 is 23.6 Å². The highest BCUT2D eigenvalue weighted by Crippen LogP contribution is 2.29. The van der Waals surface area contributed by atoms with E-state index in [0.29, 0.717) is 18.1 Å². The van der Waals surface area contributed by atoms with Gasteiger partial charge in [-0.1, -0.05) is 32.3 Å². The van der Waals surface area contributed by atoms with Crippen molar-refractivity contribution in [3.8, 4) is 0 Å². The van der Waals surface area contributed by atoms with E-state index in [-0.39, 0.29) is 0 Å². The zero-order chi connectivity index (χ0) is 18.4. The van der Waals surface area contributed by atoms with E-state index in [1.807, 2.05) is 11.3 Å². The average molecular weight is 395 g/mol. The molecule has 0 radical (unpaired) electrons. The van der Waals surface area contributed by atoms with E-state index >= 15 is 0 Å². The van der Waals surface area contributed by atoms with Crippen LogP contribution in [0.2, 0.25) is 0 Å². The Kier molecular flexibility index (Phi) is 7.73. The standard InChI is InChI=1S/C20H34N4S2/c1-3-23-11-13-24(14-12-23)19(18-10-7-15-26-18)16(2)21-20(25)22-17-8-5-4-6-9-17/h7,10,15-17,19H,3-6,8-9,11-14H2,1-2H3,(H2,21,22,25)/t16-,19-/m0/s1. The second-order valence-electron chi connectivity index (χ2n) is 7.67. The van der Waals surface area contributed by atoms with Crippen LogP contribution in [0.3, 0.4) is 0 Å². The molecule has 0 spiro atoms. The number of thiophene rings is 1. The van der Waals surface area contributed by atoms with Gasteiger partial charge in [0.15, 0.2) is 5.11 Å². The summed E-state index contributed by atoms with van der Waals surface area (Å²) in [6.07, 6.45) is 6.54. The van der Waals surface area contributed by atoms with Crippen LogP contribution < -0.4 is 10.6 Å². The van der Waals surface area contributed by atoms with E-state index in [4.69, 9.17) is 12.2 Å². The topological polar surface area (TPSA) is 30.5 Å². The maximum atomic E-state index is 5.65. The van der Waals surface area contributed by atoms with Crippen molar-refractivity contribution in [3.63, 3.8) is 0 Å². The van der Waals surface area contributed by atoms with Gasteiger partial charge in [0.1, 0.15) is 0 Å². The van der Waals surface area contributed by atoms with Crippen LogP contribution in [0, 0.1) is 0 Å². The quantitative estimate of drug-likeness (QED) is 0.720. The van der Waals surface area contributed by atoms with Crippen LogP contribution in [0.1, 0.15) is 56.9 Å². The molecule has 2 aliphatic rings. The molecule has 3 rings (SSSR count). The zero-order valence-electron chi connectivity index (χ0n) is 16.2. The van der Waals surface area contributed by atoms with Gasteiger partial charge in [-0.25, -0.2) is 0 Å². The maximum Gasteiger partial charge on any atom is 0.166 e. The molecule has 26 heavy (non-hydrogen) atoms. The van der Waals surface area contributed by atoms with Gasteiger partial charge in [0.2, 0.25) is 0 Å². The molecule has 1 aliphatic heterocycles. The third-order valence-electron chi connectivity index (χ3n) is 5.85. The summed E-state index contributed by atoms with van der Waals surface area (Å²) >= 11 is 7.52. The van der Waals surface area contributed by atoms with Gasteiger partial charge >= 0.3 is 0 Å². The summed E-state index contributed by atoms with van der Waals surface area (Å²) in [7, 11) is 0. The van der Waals surface area contributed by atoms with Crippen molar-refractivity contribution in [3.05, 3.63) is 22.4 Å². The molecule has 2 fully saturated rings. The van der Waals surface area contributed by atoms with E-state index in [2.05, 4.69) is 51.8 Å². The number of hydrogen-bond acceptors (Lipinski definition) is 4. The van der Waals surface area contributed by atoms with Crippen molar-refractivity contribution in [1.82, 2.24) is 20.4 Å². The Balaban J connectivity index is 1.60. The van der Waals surface area contributed by atoms with Crippen LogP contribution in [0.15, 0.2) is 17.5 Å². The molecule has 2 N–H and O–H groups in total. The molecule has 146 valence electrons. The third kappa shape index (κ3) is 5.41. The van der Waals surface area contributed by atoms with Crippen molar-refractivity contribution in [1.29, 1.82) is 0 Å². The van der Waals surface area contributed by atoms with Crippen molar-refractivity contribution in [2.24, 2.45) is 0 Å². The van der Waals surface area contributed by atoms with Crippen LogP contribution in [0.5, 0.6) is 0 Å². The second-order valence-corrected chi connectivity index (χ2v) is 9.06. The van der Waals surface area contributed by atoms with Crippen LogP contribution in [0.4, 0.5) is 0 Å². The summed E-state index contributed by atoms with van der Waals surface area (Å²) in [5.74, 6) is 0. The van der Waals surface area contributed by atoms with Crippen LogP contribution in [0.25, 0.3) is 0 Å². The Bertz CT molecular complexity index is 534. The van der Waals surface area contributed by atoms with Crippen molar-refractivity contribution < 1.29 is 0 Å². The van der Waals surface area contributed by atoms with E-state index < -0.39 is 0 Å². The highest BCUT2D eigenvalue weighted by molar-refractivity contribution is 7.80. The number of thiocarbonyl (C=S) groups is 1. The van der Waals surface area contributed by atoms with Crippen molar-refractivity contribution in [2.45, 2.75) is 64.1 Å². The molecule has 0 amide bonds. The molecule has 1 aliphatic carbocycles. The molecule has 4 nitrogen and oxygen atoms in total. The summed E-state index contributed by atoms with van der Waals surface area (Å²) in [5, 5.41) is 10.2. The Labute approximate surface area is 168 Å². The van der Waals surface area contributed by atoms with Crippen LogP contribution in [-0.4, -0.2) is 59.7 Å². The summed E-state index contributed by atoms with van der Waals surface area (Å²) in [5.41, 5.74) is 0. The number of likely N-dealkylation sites (N-methyl/N-ethyl adjacent to an activating group) is 1. The minimum atomic E-state index is 0.297. The number of piperazine rings is 1. The SMILES string of the molecule is CCN1CCN([C@H](c2cccs2)[C@H](C)NC(=S)NC2CCCCC2)CC1. The number of hydrogen-bond donors (Lipinski definition) is 2. The summed E-state index contributed by atoms with van der Waals surface area (Å²) < 4.78 is 0. The molecule has 1 aromatic heterocycles. The minimum absolute atomic E-state index is 0.297. The molecule has 0 unspecified atom stereocenters. The second kappa shape index (κ2) is 10.0. The molecule has 1 saturated carbocycles. The molecule has 0 aromatic carbocycles. The lowest BCUT2D eigenvalue weighted by atomic mass is 9.96. The van der Waals surface area contributed by atoms with E-state index in [1.165, 1.54) is 37.0 Å². The number of nitrogens with one attached hydrogen (secondary N) is 2. The largest absolute Gasteiger partial charge is 0.360 e. The van der Waals surface area contributed by atoms with Gasteiger partial charge in [0.25, 0.3) is 0 Å². The first-order valence-corrected chi connectivity index (χ1v) is 11.5. The lowest BCUT2D eigenvalue weighted by molar-refractivity contribution is 0.0881. The smallest absolute Gasteiger partial charge is 0.166 e. The maximum absolute atomic E-state index is 5.65. The summed E-state index contributed by atoms with van der Waals surface area (Å²) in [6.45, 7) is 10.3. The van der Waals surface area contributed by atoms with Crippen molar-refractivity contribution >= 4 is 28.7 Å². The Hall–Kier alpha value is -0.690. The molecular formula is C20H34N4S2. The summed E-state index contributed by atoms with van der Waals surface area (Å²) in [4.78, 5) is 6.62. The lowest BCUT2D eigenvalue weighted by Gasteiger charge is -2.41. The predicted octanol–water partition coefficient (Wildman–Crippen LogP) is 3.61. The van der Waals surface area contributed by atoms with E-state index in [0.717, 1.165) is 37.8 Å². The molecule has 0 bridgehead atoms. The molecule has 1 aromatic rings. The Morgan fingerprint density at radius 2 is 1.96 bits per heavy atom. The predicted molar refractivity (Wildman–Crippen MR) is 116 cm³/mol. The molecule has 6 heteroatoms. The fourth-order valence-corrected chi connectivity index (χ4v) is 5.64. The molecular weight excluding hydrogens is 360 g/mol. The Morgan fingerprint density at radius 3 is 2.58 bits per heavy atom. The monoisotopic (exact) mass is 394 g/mol. The Morgan fingerprint density at radius 1 is 1.23 bits per heavy atom. The van der Waals surface area contributed by atoms with Gasteiger partial charge in [-0.2, -0.15) is 0 Å². The first kappa shape index (κ1) is 20.1. The highest BCUT2D eigenvalue weighted by Gasteiger charge is 2.30. The first-order chi connectivity index (χ1) is 12.7. The molecule has 2 heterocycles. The normalized spacial score (nSPS) is 22.7. The van der Waals surface area contributed by atoms with Crippen molar-refractivity contribution in [2.75, 3.05) is 32.7 Å². The zero-order valence-corrected chi connectivity index (χ0v) is 17.9. The van der Waals surface area contributed by atoms with Gasteiger partial charge in [-0.3, -0.25) is 4.90 Å². The van der Waals surface area contributed by atoms with E-state index in [9.17, 15) is 0 Å². The molecule has 2 atom stereocenters. The number of rotatable bonds is 6. The minimum Gasteiger partial charge on any atom is -0.360 e. The number of nitrogens with zero attached hydrogens (tertiary/aromatic N) is 2. The third-order valence-corrected chi connectivity index (χ3v) is 7.03.